The van der Waals surface area contributed by atoms with Gasteiger partial charge < -0.3 is 10.6 Å². The predicted octanol–water partition coefficient (Wildman–Crippen LogP) is 3.48. The lowest BCUT2D eigenvalue weighted by Gasteiger charge is -2.14. The van der Waals surface area contributed by atoms with Crippen LogP contribution in [0.25, 0.3) is 0 Å². The molecule has 0 aliphatic rings. The van der Waals surface area contributed by atoms with Crippen molar-refractivity contribution in [3.8, 4) is 0 Å². The van der Waals surface area contributed by atoms with Gasteiger partial charge in [-0.2, -0.15) is 5.10 Å². The highest BCUT2D eigenvalue weighted by Gasteiger charge is 2.05. The molecule has 0 amide bonds. The van der Waals surface area contributed by atoms with Gasteiger partial charge in [-0.05, 0) is 31.9 Å². The maximum Gasteiger partial charge on any atom is 0.191 e. The van der Waals surface area contributed by atoms with E-state index in [-0.39, 0.29) is 24.0 Å². The lowest BCUT2D eigenvalue weighted by molar-refractivity contribution is 0.597. The van der Waals surface area contributed by atoms with Crippen LogP contribution in [0.15, 0.2) is 41.7 Å². The molecule has 5 nitrogen and oxygen atoms in total. The third kappa shape index (κ3) is 7.46. The summed E-state index contributed by atoms with van der Waals surface area (Å²) < 4.78 is 1.95. The molecule has 2 N–H and O–H groups in total. The highest BCUT2D eigenvalue weighted by atomic mass is 127. The van der Waals surface area contributed by atoms with Gasteiger partial charge in [0.25, 0.3) is 0 Å². The Labute approximate surface area is 168 Å². The summed E-state index contributed by atoms with van der Waals surface area (Å²) in [7, 11) is 0. The molecular weight excluding hydrogens is 425 g/mol. The Hall–Kier alpha value is -1.57. The molecule has 0 aliphatic heterocycles. The van der Waals surface area contributed by atoms with Crippen LogP contribution < -0.4 is 10.6 Å². The van der Waals surface area contributed by atoms with E-state index < -0.39 is 0 Å². The van der Waals surface area contributed by atoms with Gasteiger partial charge in [-0.3, -0.25) is 9.67 Å². The molecule has 0 spiro atoms. The number of aromatic nitrogens is 2. The third-order valence-electron chi connectivity index (χ3n) is 3.91. The van der Waals surface area contributed by atoms with Crippen molar-refractivity contribution < 1.29 is 0 Å². The van der Waals surface area contributed by atoms with Crippen molar-refractivity contribution in [1.82, 2.24) is 20.4 Å². The SMILES string of the molecule is CCNC(=NCC(C)c1ccc(C)cc1)NCCn1cc(C)cn1.I. The van der Waals surface area contributed by atoms with Crippen molar-refractivity contribution in [1.29, 1.82) is 0 Å². The molecule has 0 saturated carbocycles. The minimum atomic E-state index is 0. The summed E-state index contributed by atoms with van der Waals surface area (Å²) in [5.41, 5.74) is 3.80. The number of nitrogens with zero attached hydrogens (tertiary/aromatic N) is 3. The minimum Gasteiger partial charge on any atom is -0.357 e. The Morgan fingerprint density at radius 1 is 1.16 bits per heavy atom. The quantitative estimate of drug-likeness (QED) is 0.382. The van der Waals surface area contributed by atoms with Crippen LogP contribution in [-0.4, -0.2) is 35.4 Å². The first-order valence-electron chi connectivity index (χ1n) is 8.66. The van der Waals surface area contributed by atoms with E-state index in [1.807, 2.05) is 17.1 Å². The monoisotopic (exact) mass is 455 g/mol. The fourth-order valence-electron chi connectivity index (χ4n) is 2.45. The maximum absolute atomic E-state index is 4.71. The molecule has 1 aromatic heterocycles. The van der Waals surface area contributed by atoms with Crippen molar-refractivity contribution in [2.45, 2.75) is 40.2 Å². The highest BCUT2D eigenvalue weighted by Crippen LogP contribution is 2.15. The Balaban J connectivity index is 0.00000312. The number of aliphatic imine (C=N–C) groups is 1. The summed E-state index contributed by atoms with van der Waals surface area (Å²) in [6.45, 7) is 11.7. The standard InChI is InChI=1S/C19H29N5.HI/c1-5-20-19(21-10-11-24-14-16(3)12-23-24)22-13-17(4)18-8-6-15(2)7-9-18;/h6-9,12,14,17H,5,10-11,13H2,1-4H3,(H2,20,21,22);1H. The first-order valence-corrected chi connectivity index (χ1v) is 8.66. The van der Waals surface area contributed by atoms with Gasteiger partial charge in [-0.25, -0.2) is 0 Å². The molecule has 1 heterocycles. The van der Waals surface area contributed by atoms with Gasteiger partial charge >= 0.3 is 0 Å². The molecule has 2 aromatic rings. The van der Waals surface area contributed by atoms with Crippen LogP contribution in [0, 0.1) is 13.8 Å². The van der Waals surface area contributed by atoms with Crippen LogP contribution >= 0.6 is 24.0 Å². The zero-order valence-electron chi connectivity index (χ0n) is 15.6. The van der Waals surface area contributed by atoms with Crippen LogP contribution in [0.2, 0.25) is 0 Å². The van der Waals surface area contributed by atoms with Gasteiger partial charge in [0.1, 0.15) is 0 Å². The van der Waals surface area contributed by atoms with Gasteiger partial charge in [-0.15, -0.1) is 24.0 Å². The number of hydrogen-bond donors (Lipinski definition) is 2. The molecule has 1 atom stereocenters. The summed E-state index contributed by atoms with van der Waals surface area (Å²) in [5, 5.41) is 11.0. The van der Waals surface area contributed by atoms with E-state index in [9.17, 15) is 0 Å². The second kappa shape index (κ2) is 11.1. The van der Waals surface area contributed by atoms with Crippen molar-refractivity contribution in [3.63, 3.8) is 0 Å². The summed E-state index contributed by atoms with van der Waals surface area (Å²) in [5.74, 6) is 1.26. The van der Waals surface area contributed by atoms with E-state index in [1.165, 1.54) is 16.7 Å². The molecule has 25 heavy (non-hydrogen) atoms. The van der Waals surface area contributed by atoms with Gasteiger partial charge in [0.2, 0.25) is 0 Å². The Morgan fingerprint density at radius 3 is 2.48 bits per heavy atom. The summed E-state index contributed by atoms with van der Waals surface area (Å²) >= 11 is 0. The third-order valence-corrected chi connectivity index (χ3v) is 3.91. The lowest BCUT2D eigenvalue weighted by atomic mass is 10.0. The average molecular weight is 455 g/mol. The lowest BCUT2D eigenvalue weighted by Crippen LogP contribution is -2.39. The van der Waals surface area contributed by atoms with Crippen LogP contribution in [-0.2, 0) is 6.54 Å². The van der Waals surface area contributed by atoms with Gasteiger partial charge in [0, 0.05) is 31.7 Å². The first-order chi connectivity index (χ1) is 11.6. The number of aryl methyl sites for hydroxylation is 2. The fourth-order valence-corrected chi connectivity index (χ4v) is 2.45. The number of halogens is 1. The van der Waals surface area contributed by atoms with Gasteiger partial charge in [0.05, 0.1) is 12.7 Å². The van der Waals surface area contributed by atoms with E-state index in [0.29, 0.717) is 5.92 Å². The molecule has 0 saturated heterocycles. The zero-order chi connectivity index (χ0) is 17.4. The molecule has 6 heteroatoms. The van der Waals surface area contributed by atoms with Crippen molar-refractivity contribution in [2.24, 2.45) is 4.99 Å². The largest absolute Gasteiger partial charge is 0.357 e. The second-order valence-electron chi connectivity index (χ2n) is 6.24. The first kappa shape index (κ1) is 21.5. The minimum absolute atomic E-state index is 0. The Morgan fingerprint density at radius 2 is 1.88 bits per heavy atom. The molecule has 0 radical (unpaired) electrons. The van der Waals surface area contributed by atoms with Gasteiger partial charge in [0.15, 0.2) is 5.96 Å². The molecule has 2 rings (SSSR count). The maximum atomic E-state index is 4.71. The number of nitrogens with one attached hydrogen (secondary N) is 2. The van der Waals surface area contributed by atoms with E-state index >= 15 is 0 Å². The van der Waals surface area contributed by atoms with Crippen molar-refractivity contribution >= 4 is 29.9 Å². The molecule has 0 bridgehead atoms. The number of hydrogen-bond acceptors (Lipinski definition) is 2. The van der Waals surface area contributed by atoms with Crippen molar-refractivity contribution in [3.05, 3.63) is 53.3 Å². The topological polar surface area (TPSA) is 54.2 Å². The van der Waals surface area contributed by atoms with Crippen LogP contribution in [0.4, 0.5) is 0 Å². The van der Waals surface area contributed by atoms with E-state index in [2.05, 4.69) is 67.7 Å². The predicted molar refractivity (Wildman–Crippen MR) is 116 cm³/mol. The van der Waals surface area contributed by atoms with Crippen LogP contribution in [0.1, 0.15) is 36.5 Å². The molecule has 1 unspecified atom stereocenters. The molecular formula is C19H30IN5. The number of guanidine groups is 1. The number of benzene rings is 1. The normalized spacial score (nSPS) is 12.4. The van der Waals surface area contributed by atoms with E-state index in [0.717, 1.165) is 32.1 Å². The smallest absolute Gasteiger partial charge is 0.191 e. The van der Waals surface area contributed by atoms with Gasteiger partial charge in [-0.1, -0.05) is 36.8 Å². The van der Waals surface area contributed by atoms with Crippen LogP contribution in [0.3, 0.4) is 0 Å². The van der Waals surface area contributed by atoms with Crippen molar-refractivity contribution in [2.75, 3.05) is 19.6 Å². The molecule has 1 aromatic carbocycles. The Bertz CT molecular complexity index is 648. The zero-order valence-corrected chi connectivity index (χ0v) is 18.0. The van der Waals surface area contributed by atoms with E-state index in [1.54, 1.807) is 0 Å². The molecule has 0 fully saturated rings. The summed E-state index contributed by atoms with van der Waals surface area (Å²) in [4.78, 5) is 4.71. The highest BCUT2D eigenvalue weighted by molar-refractivity contribution is 14.0. The summed E-state index contributed by atoms with van der Waals surface area (Å²) in [6.07, 6.45) is 3.92. The Kier molecular flexibility index (Phi) is 9.55. The molecule has 0 aliphatic carbocycles. The fraction of sp³-hybridized carbons (Fsp3) is 0.474. The molecule has 138 valence electrons. The summed E-state index contributed by atoms with van der Waals surface area (Å²) in [6, 6.07) is 8.70. The van der Waals surface area contributed by atoms with E-state index in [4.69, 9.17) is 4.99 Å². The number of rotatable bonds is 7. The average Bonchev–Trinajstić information content (AvgIpc) is 2.98. The second-order valence-corrected chi connectivity index (χ2v) is 6.24. The van der Waals surface area contributed by atoms with Crippen LogP contribution in [0.5, 0.6) is 0 Å².